The summed E-state index contributed by atoms with van der Waals surface area (Å²) in [4.78, 5) is 39.1. The normalized spacial score (nSPS) is 14.0. The molecule has 0 saturated carbocycles. The highest BCUT2D eigenvalue weighted by atomic mass is 35.5. The van der Waals surface area contributed by atoms with Crippen LogP contribution in [0.25, 0.3) is 0 Å². The summed E-state index contributed by atoms with van der Waals surface area (Å²) in [6, 6.07) is 6.81. The molecule has 0 atom stereocenters. The van der Waals surface area contributed by atoms with Crippen molar-refractivity contribution in [1.29, 1.82) is 0 Å². The number of rotatable bonds is 6. The van der Waals surface area contributed by atoms with Crippen molar-refractivity contribution in [3.63, 3.8) is 0 Å². The number of halogens is 1. The molecule has 2 rings (SSSR count). The predicted octanol–water partition coefficient (Wildman–Crippen LogP) is 0.613. The minimum absolute atomic E-state index is 0. The van der Waals surface area contributed by atoms with Crippen molar-refractivity contribution in [2.75, 3.05) is 51.6 Å². The number of hydrogen-bond donors (Lipinski definition) is 2. The van der Waals surface area contributed by atoms with Crippen LogP contribution in [-0.2, 0) is 9.59 Å². The lowest BCUT2D eigenvalue weighted by Crippen LogP contribution is -2.49. The fourth-order valence-corrected chi connectivity index (χ4v) is 2.56. The number of anilines is 1. The standard InChI is InChI=1S/C17H24N4O3.ClH/c1-13(22)14-4-3-5-15(10-14)19-16(23)11-20(2)12-17(24)21-8-6-18-7-9-21;/h3-5,10,18H,6-9,11-12H2,1-2H3,(H,19,23);1H. The number of piperazine rings is 1. The predicted molar refractivity (Wildman–Crippen MR) is 99.3 cm³/mol. The Balaban J connectivity index is 0.00000312. The quantitative estimate of drug-likeness (QED) is 0.719. The van der Waals surface area contributed by atoms with Crippen LogP contribution in [0.3, 0.4) is 0 Å². The van der Waals surface area contributed by atoms with Crippen molar-refractivity contribution in [3.05, 3.63) is 29.8 Å². The Bertz CT molecular complexity index is 618. The van der Waals surface area contributed by atoms with E-state index in [0.717, 1.165) is 13.1 Å². The molecule has 1 aromatic rings. The molecule has 0 unspecified atom stereocenters. The van der Waals surface area contributed by atoms with Gasteiger partial charge in [0.1, 0.15) is 0 Å². The van der Waals surface area contributed by atoms with Gasteiger partial charge in [0.2, 0.25) is 11.8 Å². The number of ketones is 1. The lowest BCUT2D eigenvalue weighted by molar-refractivity contribution is -0.133. The second-order valence-corrected chi connectivity index (χ2v) is 5.99. The van der Waals surface area contributed by atoms with E-state index in [1.165, 1.54) is 6.92 Å². The number of amides is 2. The van der Waals surface area contributed by atoms with E-state index < -0.39 is 0 Å². The van der Waals surface area contributed by atoms with E-state index in [9.17, 15) is 14.4 Å². The van der Waals surface area contributed by atoms with Crippen molar-refractivity contribution < 1.29 is 14.4 Å². The first-order valence-corrected chi connectivity index (χ1v) is 8.03. The summed E-state index contributed by atoms with van der Waals surface area (Å²) in [6.45, 7) is 4.83. The van der Waals surface area contributed by atoms with E-state index in [1.54, 1.807) is 41.1 Å². The van der Waals surface area contributed by atoms with E-state index in [0.29, 0.717) is 24.3 Å². The molecule has 0 spiro atoms. The van der Waals surface area contributed by atoms with Gasteiger partial charge in [0.05, 0.1) is 13.1 Å². The first-order chi connectivity index (χ1) is 11.5. The lowest BCUT2D eigenvalue weighted by atomic mass is 10.1. The Morgan fingerprint density at radius 2 is 1.88 bits per heavy atom. The summed E-state index contributed by atoms with van der Waals surface area (Å²) in [5.74, 6) is -0.235. The third kappa shape index (κ3) is 6.81. The third-order valence-electron chi connectivity index (χ3n) is 3.84. The van der Waals surface area contributed by atoms with Crippen molar-refractivity contribution >= 4 is 35.7 Å². The Morgan fingerprint density at radius 3 is 2.52 bits per heavy atom. The maximum absolute atomic E-state index is 12.2. The zero-order valence-electron chi connectivity index (χ0n) is 14.6. The van der Waals surface area contributed by atoms with Gasteiger partial charge in [-0.05, 0) is 26.1 Å². The maximum Gasteiger partial charge on any atom is 0.238 e. The zero-order chi connectivity index (χ0) is 17.5. The monoisotopic (exact) mass is 368 g/mol. The van der Waals surface area contributed by atoms with E-state index in [1.807, 2.05) is 0 Å². The van der Waals surface area contributed by atoms with Gasteiger partial charge in [-0.1, -0.05) is 12.1 Å². The van der Waals surface area contributed by atoms with Crippen LogP contribution < -0.4 is 10.6 Å². The number of carbonyl (C=O) groups is 3. The molecule has 2 amide bonds. The Hall–Kier alpha value is -1.96. The summed E-state index contributed by atoms with van der Waals surface area (Å²) in [5, 5.41) is 5.95. The van der Waals surface area contributed by atoms with Gasteiger partial charge in [-0.3, -0.25) is 19.3 Å². The summed E-state index contributed by atoms with van der Waals surface area (Å²) in [5.41, 5.74) is 1.13. The van der Waals surface area contributed by atoms with E-state index in [4.69, 9.17) is 0 Å². The van der Waals surface area contributed by atoms with Gasteiger partial charge >= 0.3 is 0 Å². The molecule has 2 N–H and O–H groups in total. The summed E-state index contributed by atoms with van der Waals surface area (Å²) < 4.78 is 0. The van der Waals surface area contributed by atoms with Gasteiger partial charge in [-0.25, -0.2) is 0 Å². The first-order valence-electron chi connectivity index (χ1n) is 8.03. The Morgan fingerprint density at radius 1 is 1.20 bits per heavy atom. The molecule has 0 bridgehead atoms. The summed E-state index contributed by atoms with van der Waals surface area (Å²) in [6.07, 6.45) is 0. The molecule has 1 aliphatic rings. The van der Waals surface area contributed by atoms with Gasteiger partial charge in [0.15, 0.2) is 5.78 Å². The van der Waals surface area contributed by atoms with Crippen LogP contribution >= 0.6 is 12.4 Å². The molecule has 0 aliphatic carbocycles. The minimum Gasteiger partial charge on any atom is -0.339 e. The molecule has 25 heavy (non-hydrogen) atoms. The molecule has 8 heteroatoms. The topological polar surface area (TPSA) is 81.8 Å². The molecule has 1 saturated heterocycles. The van der Waals surface area contributed by atoms with Gasteiger partial charge in [0.25, 0.3) is 0 Å². The summed E-state index contributed by atoms with van der Waals surface area (Å²) >= 11 is 0. The fourth-order valence-electron chi connectivity index (χ4n) is 2.56. The molecule has 0 aromatic heterocycles. The highest BCUT2D eigenvalue weighted by Gasteiger charge is 2.18. The van der Waals surface area contributed by atoms with Gasteiger partial charge in [-0.2, -0.15) is 0 Å². The Labute approximate surface area is 154 Å². The third-order valence-corrected chi connectivity index (χ3v) is 3.84. The molecular weight excluding hydrogens is 344 g/mol. The number of nitrogens with one attached hydrogen (secondary N) is 2. The number of likely N-dealkylation sites (N-methyl/N-ethyl adjacent to an activating group) is 1. The van der Waals surface area contributed by atoms with Crippen LogP contribution in [0.15, 0.2) is 24.3 Å². The summed E-state index contributed by atoms with van der Waals surface area (Å²) in [7, 11) is 1.74. The number of nitrogens with zero attached hydrogens (tertiary/aromatic N) is 2. The van der Waals surface area contributed by atoms with Crippen LogP contribution in [0.2, 0.25) is 0 Å². The lowest BCUT2D eigenvalue weighted by Gasteiger charge is -2.29. The van der Waals surface area contributed by atoms with Gasteiger partial charge in [0, 0.05) is 37.4 Å². The SMILES string of the molecule is CC(=O)c1cccc(NC(=O)CN(C)CC(=O)N2CCNCC2)c1.Cl. The zero-order valence-corrected chi connectivity index (χ0v) is 15.4. The molecule has 1 aliphatic heterocycles. The molecule has 1 heterocycles. The largest absolute Gasteiger partial charge is 0.339 e. The van der Waals surface area contributed by atoms with Crippen LogP contribution in [0.4, 0.5) is 5.69 Å². The van der Waals surface area contributed by atoms with E-state index in [2.05, 4.69) is 10.6 Å². The highest BCUT2D eigenvalue weighted by molar-refractivity contribution is 5.97. The van der Waals surface area contributed by atoms with E-state index >= 15 is 0 Å². The van der Waals surface area contributed by atoms with E-state index in [-0.39, 0.29) is 43.1 Å². The van der Waals surface area contributed by atoms with Crippen molar-refractivity contribution in [2.45, 2.75) is 6.92 Å². The molecule has 0 radical (unpaired) electrons. The van der Waals surface area contributed by atoms with Gasteiger partial charge in [-0.15, -0.1) is 12.4 Å². The number of hydrogen-bond acceptors (Lipinski definition) is 5. The average Bonchev–Trinajstić information content (AvgIpc) is 2.55. The van der Waals surface area contributed by atoms with Crippen LogP contribution in [0.5, 0.6) is 0 Å². The van der Waals surface area contributed by atoms with Crippen LogP contribution in [0.1, 0.15) is 17.3 Å². The fraction of sp³-hybridized carbons (Fsp3) is 0.471. The molecule has 138 valence electrons. The molecular formula is C17H25ClN4O3. The number of carbonyl (C=O) groups excluding carboxylic acids is 3. The smallest absolute Gasteiger partial charge is 0.238 e. The van der Waals surface area contributed by atoms with Gasteiger partial charge < -0.3 is 15.5 Å². The Kier molecular flexibility index (Phi) is 8.54. The van der Waals surface area contributed by atoms with Crippen LogP contribution in [-0.4, -0.2) is 73.7 Å². The molecule has 1 fully saturated rings. The van der Waals surface area contributed by atoms with Crippen molar-refractivity contribution in [3.8, 4) is 0 Å². The number of benzene rings is 1. The van der Waals surface area contributed by atoms with Crippen molar-refractivity contribution in [1.82, 2.24) is 15.1 Å². The molecule has 1 aromatic carbocycles. The second-order valence-electron chi connectivity index (χ2n) is 5.99. The molecule has 7 nitrogen and oxygen atoms in total. The minimum atomic E-state index is -0.216. The van der Waals surface area contributed by atoms with Crippen molar-refractivity contribution in [2.24, 2.45) is 0 Å². The van der Waals surface area contributed by atoms with Crippen LogP contribution in [0, 0.1) is 0 Å². The number of Topliss-reactive ketones (excluding diaryl/α,β-unsaturated/α-hetero) is 1. The second kappa shape index (κ2) is 10.1. The first kappa shape index (κ1) is 21.1. The highest BCUT2D eigenvalue weighted by Crippen LogP contribution is 2.11. The average molecular weight is 369 g/mol. The maximum atomic E-state index is 12.2.